The molecule has 4 unspecified atom stereocenters. The monoisotopic (exact) mass is 375 g/mol. The molecule has 1 aromatic rings. The van der Waals surface area contributed by atoms with E-state index in [9.17, 15) is 10.2 Å². The summed E-state index contributed by atoms with van der Waals surface area (Å²) in [4.78, 5) is 4.37. The Morgan fingerprint density at radius 2 is 1.87 bits per heavy atom. The van der Waals surface area contributed by atoms with Crippen molar-refractivity contribution in [3.05, 3.63) is 24.4 Å². The number of aliphatic hydroxyl groups excluding tert-OH is 2. The van der Waals surface area contributed by atoms with Crippen LogP contribution < -0.4 is 0 Å². The third-order valence-electron chi connectivity index (χ3n) is 3.73. The first kappa shape index (κ1) is 21.2. The molecule has 132 valence electrons. The molecule has 23 heavy (non-hydrogen) atoms. The van der Waals surface area contributed by atoms with E-state index in [1.54, 1.807) is 41.5 Å². The van der Waals surface area contributed by atoms with Gasteiger partial charge in [0.2, 0.25) is 0 Å². The van der Waals surface area contributed by atoms with Crippen LogP contribution in [0.1, 0.15) is 40.5 Å². The van der Waals surface area contributed by atoms with Crippen LogP contribution in [0.15, 0.2) is 29.4 Å². The van der Waals surface area contributed by atoms with Crippen molar-refractivity contribution in [2.45, 2.75) is 67.1 Å². The average Bonchev–Trinajstić information content (AvgIpc) is 2.58. The number of aromatic nitrogens is 1. The molecular weight excluding hydrogens is 346 g/mol. The summed E-state index contributed by atoms with van der Waals surface area (Å²) in [5, 5.41) is 21.8. The fraction of sp³-hybridized carbons (Fsp3) is 0.706. The van der Waals surface area contributed by atoms with Gasteiger partial charge in [0, 0.05) is 23.0 Å². The zero-order valence-corrected chi connectivity index (χ0v) is 16.9. The summed E-state index contributed by atoms with van der Waals surface area (Å²) in [6.07, 6.45) is 2.49. The minimum Gasteiger partial charge on any atom is -0.390 e. The number of hydrogen-bond donors (Lipinski definition) is 2. The van der Waals surface area contributed by atoms with Crippen LogP contribution in [0.25, 0.3) is 0 Å². The summed E-state index contributed by atoms with van der Waals surface area (Å²) < 4.78 is -0.0566. The predicted molar refractivity (Wildman–Crippen MR) is 105 cm³/mol. The Morgan fingerprint density at radius 1 is 1.17 bits per heavy atom. The van der Waals surface area contributed by atoms with Crippen LogP contribution >= 0.6 is 35.3 Å². The molecule has 0 amide bonds. The fourth-order valence-corrected chi connectivity index (χ4v) is 5.17. The van der Waals surface area contributed by atoms with Crippen molar-refractivity contribution < 1.29 is 10.2 Å². The van der Waals surface area contributed by atoms with Gasteiger partial charge in [-0.25, -0.2) is 4.98 Å². The molecule has 0 saturated heterocycles. The Bertz CT molecular complexity index is 435. The van der Waals surface area contributed by atoms with Crippen LogP contribution in [-0.4, -0.2) is 48.2 Å². The molecule has 6 heteroatoms. The van der Waals surface area contributed by atoms with Gasteiger partial charge < -0.3 is 10.2 Å². The van der Waals surface area contributed by atoms with E-state index in [1.165, 1.54) is 0 Å². The first-order chi connectivity index (χ1) is 10.9. The number of aliphatic hydroxyl groups is 2. The number of thioether (sulfide) groups is 3. The van der Waals surface area contributed by atoms with Crippen molar-refractivity contribution in [3.63, 3.8) is 0 Å². The molecule has 0 aliphatic heterocycles. The van der Waals surface area contributed by atoms with E-state index < -0.39 is 12.2 Å². The van der Waals surface area contributed by atoms with E-state index in [-0.39, 0.29) is 4.08 Å². The lowest BCUT2D eigenvalue weighted by Crippen LogP contribution is -2.32. The summed E-state index contributed by atoms with van der Waals surface area (Å²) >= 11 is 5.14. The van der Waals surface area contributed by atoms with E-state index >= 15 is 0 Å². The van der Waals surface area contributed by atoms with Gasteiger partial charge in [-0.05, 0) is 31.9 Å². The average molecular weight is 376 g/mol. The van der Waals surface area contributed by atoms with Crippen LogP contribution in [0.5, 0.6) is 0 Å². The zero-order chi connectivity index (χ0) is 17.3. The normalized spacial score (nSPS) is 18.2. The molecule has 1 aromatic heterocycles. The van der Waals surface area contributed by atoms with E-state index in [1.807, 2.05) is 18.2 Å². The van der Waals surface area contributed by atoms with Crippen LogP contribution in [0.4, 0.5) is 0 Å². The second-order valence-electron chi connectivity index (χ2n) is 5.76. The van der Waals surface area contributed by atoms with Crippen molar-refractivity contribution in [2.24, 2.45) is 0 Å². The van der Waals surface area contributed by atoms with Crippen molar-refractivity contribution in [1.82, 2.24) is 4.98 Å². The number of hydrogen-bond acceptors (Lipinski definition) is 6. The summed E-state index contributed by atoms with van der Waals surface area (Å²) in [7, 11) is 0. The molecule has 0 spiro atoms. The molecule has 0 bridgehead atoms. The topological polar surface area (TPSA) is 53.4 Å². The van der Waals surface area contributed by atoms with E-state index in [2.05, 4.69) is 32.7 Å². The number of pyridine rings is 1. The van der Waals surface area contributed by atoms with E-state index in [0.29, 0.717) is 16.8 Å². The fourth-order valence-electron chi connectivity index (χ4n) is 1.70. The maximum Gasteiger partial charge on any atom is 0.0973 e. The van der Waals surface area contributed by atoms with Gasteiger partial charge in [0.25, 0.3) is 0 Å². The van der Waals surface area contributed by atoms with E-state index in [4.69, 9.17) is 0 Å². The van der Waals surface area contributed by atoms with Crippen LogP contribution in [0.2, 0.25) is 0 Å². The SMILES string of the molecule is CCC(C)SCC(O)C(O)CSC(C)(CC)Sc1ccccn1. The summed E-state index contributed by atoms with van der Waals surface area (Å²) in [6.45, 7) is 8.60. The lowest BCUT2D eigenvalue weighted by Gasteiger charge is -2.28. The molecule has 0 radical (unpaired) electrons. The first-order valence-electron chi connectivity index (χ1n) is 8.12. The van der Waals surface area contributed by atoms with Gasteiger partial charge in [0.05, 0.1) is 21.3 Å². The smallest absolute Gasteiger partial charge is 0.0973 e. The highest BCUT2D eigenvalue weighted by Crippen LogP contribution is 2.43. The number of nitrogens with zero attached hydrogens (tertiary/aromatic N) is 1. The maximum absolute atomic E-state index is 10.2. The van der Waals surface area contributed by atoms with Crippen molar-refractivity contribution in [2.75, 3.05) is 11.5 Å². The zero-order valence-electron chi connectivity index (χ0n) is 14.4. The summed E-state index contributed by atoms with van der Waals surface area (Å²) in [5.74, 6) is 1.12. The Morgan fingerprint density at radius 3 is 2.43 bits per heavy atom. The molecule has 0 aromatic carbocycles. The van der Waals surface area contributed by atoms with Gasteiger partial charge in [-0.3, -0.25) is 0 Å². The molecule has 0 aliphatic carbocycles. The highest BCUT2D eigenvalue weighted by Gasteiger charge is 2.28. The summed E-state index contributed by atoms with van der Waals surface area (Å²) in [5.41, 5.74) is 0. The minimum atomic E-state index is -0.688. The van der Waals surface area contributed by atoms with Gasteiger partial charge in [0.1, 0.15) is 0 Å². The van der Waals surface area contributed by atoms with Gasteiger partial charge >= 0.3 is 0 Å². The lowest BCUT2D eigenvalue weighted by atomic mass is 10.3. The molecule has 3 nitrogen and oxygen atoms in total. The van der Waals surface area contributed by atoms with Gasteiger partial charge in [-0.1, -0.05) is 38.6 Å². The summed E-state index contributed by atoms with van der Waals surface area (Å²) in [6, 6.07) is 5.91. The van der Waals surface area contributed by atoms with Crippen molar-refractivity contribution in [3.8, 4) is 0 Å². The standard InChI is InChI=1S/C17H29NO2S3/c1-5-13(3)21-11-14(19)15(20)12-22-17(4,6-2)23-16-9-7-8-10-18-16/h7-10,13-15,19-20H,5-6,11-12H2,1-4H3. The third kappa shape index (κ3) is 8.16. The van der Waals surface area contributed by atoms with Crippen LogP contribution in [0.3, 0.4) is 0 Å². The second kappa shape index (κ2) is 10.9. The highest BCUT2D eigenvalue weighted by atomic mass is 32.2. The third-order valence-corrected chi connectivity index (χ3v) is 8.35. The van der Waals surface area contributed by atoms with Gasteiger partial charge in [0.15, 0.2) is 0 Å². The molecule has 4 atom stereocenters. The number of rotatable bonds is 11. The first-order valence-corrected chi connectivity index (χ1v) is 11.0. The molecule has 2 N–H and O–H groups in total. The highest BCUT2D eigenvalue weighted by molar-refractivity contribution is 8.18. The Kier molecular flexibility index (Phi) is 10.0. The quantitative estimate of drug-likeness (QED) is 0.444. The van der Waals surface area contributed by atoms with Crippen LogP contribution in [0, 0.1) is 0 Å². The molecule has 1 rings (SSSR count). The largest absolute Gasteiger partial charge is 0.390 e. The molecule has 1 heterocycles. The predicted octanol–water partition coefficient (Wildman–Crippen LogP) is 4.29. The Balaban J connectivity index is 2.45. The molecule has 0 fully saturated rings. The Labute approximate surface area is 153 Å². The molecule has 0 saturated carbocycles. The van der Waals surface area contributed by atoms with E-state index in [0.717, 1.165) is 17.9 Å². The van der Waals surface area contributed by atoms with Gasteiger partial charge in [-0.15, -0.1) is 11.8 Å². The molecule has 0 aliphatic rings. The Hall–Kier alpha value is 0.120. The van der Waals surface area contributed by atoms with Crippen molar-refractivity contribution in [1.29, 1.82) is 0 Å². The lowest BCUT2D eigenvalue weighted by molar-refractivity contribution is 0.0498. The minimum absolute atomic E-state index is 0.0566. The van der Waals surface area contributed by atoms with Gasteiger partial charge in [-0.2, -0.15) is 11.8 Å². The molecular formula is C17H29NO2S3. The maximum atomic E-state index is 10.2. The van der Waals surface area contributed by atoms with Crippen molar-refractivity contribution >= 4 is 35.3 Å². The van der Waals surface area contributed by atoms with Crippen LogP contribution in [-0.2, 0) is 0 Å². The second-order valence-corrected chi connectivity index (χ2v) is 10.5.